The number of benzene rings is 2. The van der Waals surface area contributed by atoms with Crippen molar-refractivity contribution < 1.29 is 18.7 Å². The van der Waals surface area contributed by atoms with Gasteiger partial charge in [-0.15, -0.1) is 0 Å². The van der Waals surface area contributed by atoms with Crippen LogP contribution in [-0.2, 0) is 11.3 Å². The molecule has 8 heteroatoms. The summed E-state index contributed by atoms with van der Waals surface area (Å²) in [6, 6.07) is 12.3. The molecule has 0 bridgehead atoms. The van der Waals surface area contributed by atoms with Crippen molar-refractivity contribution in [2.75, 3.05) is 33.3 Å². The van der Waals surface area contributed by atoms with E-state index in [0.29, 0.717) is 53.1 Å². The lowest BCUT2D eigenvalue weighted by molar-refractivity contribution is 0.0516. The molecule has 2 heterocycles. The average Bonchev–Trinajstić information content (AvgIpc) is 3.12. The standard InChI is InChI=1S/C22H20Cl2N2O4/c1-29-13-17-15-4-2-3-5-19(15)30-20(17)22(28)26-10-8-25(9-11-26)21(27)16-7-6-14(23)12-18(16)24/h2-7,12H,8-11,13H2,1H3. The van der Waals surface area contributed by atoms with Crippen LogP contribution in [0.25, 0.3) is 11.0 Å². The molecular formula is C22H20Cl2N2O4. The maximum Gasteiger partial charge on any atom is 0.290 e. The first-order chi connectivity index (χ1) is 14.5. The van der Waals surface area contributed by atoms with Gasteiger partial charge in [0.15, 0.2) is 5.76 Å². The van der Waals surface area contributed by atoms with Crippen LogP contribution in [0.2, 0.25) is 10.0 Å². The summed E-state index contributed by atoms with van der Waals surface area (Å²) in [6.45, 7) is 1.90. The first-order valence-corrected chi connectivity index (χ1v) is 10.3. The van der Waals surface area contributed by atoms with E-state index in [-0.39, 0.29) is 18.4 Å². The number of furan rings is 1. The van der Waals surface area contributed by atoms with Crippen molar-refractivity contribution in [3.05, 3.63) is 69.4 Å². The SMILES string of the molecule is COCc1c(C(=O)N2CCN(C(=O)c3ccc(Cl)cc3Cl)CC2)oc2ccccc12. The van der Waals surface area contributed by atoms with E-state index in [1.165, 1.54) is 0 Å². The Bertz CT molecular complexity index is 1100. The minimum absolute atomic E-state index is 0.174. The van der Waals surface area contributed by atoms with Crippen LogP contribution in [0.5, 0.6) is 0 Å². The van der Waals surface area contributed by atoms with Gasteiger partial charge in [-0.25, -0.2) is 0 Å². The fourth-order valence-electron chi connectivity index (χ4n) is 3.65. The van der Waals surface area contributed by atoms with Crippen molar-refractivity contribution in [3.8, 4) is 0 Å². The van der Waals surface area contributed by atoms with Gasteiger partial charge in [-0.1, -0.05) is 41.4 Å². The minimum atomic E-state index is -0.199. The molecule has 0 radical (unpaired) electrons. The number of carbonyl (C=O) groups excluding carboxylic acids is 2. The number of rotatable bonds is 4. The number of hydrogen-bond donors (Lipinski definition) is 0. The first-order valence-electron chi connectivity index (χ1n) is 9.52. The molecule has 1 fully saturated rings. The summed E-state index contributed by atoms with van der Waals surface area (Å²) in [4.78, 5) is 29.3. The fourth-order valence-corrected chi connectivity index (χ4v) is 4.14. The summed E-state index contributed by atoms with van der Waals surface area (Å²) in [6.07, 6.45) is 0. The van der Waals surface area contributed by atoms with E-state index in [9.17, 15) is 9.59 Å². The molecule has 2 aromatic carbocycles. The Hall–Kier alpha value is -2.54. The first kappa shape index (κ1) is 20.7. The van der Waals surface area contributed by atoms with Gasteiger partial charge in [0.1, 0.15) is 5.58 Å². The second-order valence-electron chi connectivity index (χ2n) is 7.05. The average molecular weight is 447 g/mol. The third kappa shape index (κ3) is 3.90. The minimum Gasteiger partial charge on any atom is -0.451 e. The molecule has 156 valence electrons. The van der Waals surface area contributed by atoms with Gasteiger partial charge in [0, 0.05) is 49.3 Å². The van der Waals surface area contributed by atoms with Gasteiger partial charge in [0.05, 0.1) is 17.2 Å². The Labute approximate surface area is 183 Å². The lowest BCUT2D eigenvalue weighted by atomic mass is 10.1. The molecule has 3 aromatic rings. The predicted octanol–water partition coefficient (Wildman–Crippen LogP) is 4.48. The molecule has 1 aromatic heterocycles. The Morgan fingerprint density at radius 2 is 1.67 bits per heavy atom. The Balaban J connectivity index is 1.49. The molecule has 1 saturated heterocycles. The number of carbonyl (C=O) groups is 2. The molecule has 0 aliphatic carbocycles. The molecule has 4 rings (SSSR count). The number of fused-ring (bicyclic) bond motifs is 1. The number of nitrogens with zero attached hydrogens (tertiary/aromatic N) is 2. The normalized spacial score (nSPS) is 14.4. The second kappa shape index (κ2) is 8.68. The molecule has 1 aliphatic rings. The van der Waals surface area contributed by atoms with Crippen LogP contribution in [0.3, 0.4) is 0 Å². The molecule has 0 saturated carbocycles. The monoisotopic (exact) mass is 446 g/mol. The second-order valence-corrected chi connectivity index (χ2v) is 7.89. The smallest absolute Gasteiger partial charge is 0.290 e. The lowest BCUT2D eigenvalue weighted by Crippen LogP contribution is -2.50. The number of hydrogen-bond acceptors (Lipinski definition) is 4. The van der Waals surface area contributed by atoms with Crippen LogP contribution < -0.4 is 0 Å². The van der Waals surface area contributed by atoms with Gasteiger partial charge in [0.2, 0.25) is 0 Å². The summed E-state index contributed by atoms with van der Waals surface area (Å²) in [7, 11) is 1.59. The van der Waals surface area contributed by atoms with Crippen LogP contribution in [0.1, 0.15) is 26.5 Å². The molecule has 1 aliphatic heterocycles. The van der Waals surface area contributed by atoms with E-state index < -0.39 is 0 Å². The van der Waals surface area contributed by atoms with Crippen molar-refractivity contribution in [2.24, 2.45) is 0 Å². The number of methoxy groups -OCH3 is 1. The molecule has 0 atom stereocenters. The lowest BCUT2D eigenvalue weighted by Gasteiger charge is -2.34. The van der Waals surface area contributed by atoms with Crippen LogP contribution in [0, 0.1) is 0 Å². The van der Waals surface area contributed by atoms with Crippen molar-refractivity contribution >= 4 is 46.0 Å². The summed E-state index contributed by atoms with van der Waals surface area (Å²) in [5, 5.41) is 1.66. The third-order valence-electron chi connectivity index (χ3n) is 5.20. The van der Waals surface area contributed by atoms with Crippen molar-refractivity contribution in [1.29, 1.82) is 0 Å². The zero-order valence-electron chi connectivity index (χ0n) is 16.4. The number of halogens is 2. The Morgan fingerprint density at radius 1 is 1.00 bits per heavy atom. The molecule has 0 spiro atoms. The molecule has 0 N–H and O–H groups in total. The van der Waals surface area contributed by atoms with E-state index in [1.54, 1.807) is 35.1 Å². The van der Waals surface area contributed by atoms with Gasteiger partial charge < -0.3 is 19.0 Å². The van der Waals surface area contributed by atoms with E-state index in [1.807, 2.05) is 24.3 Å². The predicted molar refractivity (Wildman–Crippen MR) is 115 cm³/mol. The topological polar surface area (TPSA) is 63.0 Å². The Morgan fingerprint density at radius 3 is 2.33 bits per heavy atom. The number of ether oxygens (including phenoxy) is 1. The quantitative estimate of drug-likeness (QED) is 0.592. The van der Waals surface area contributed by atoms with Crippen LogP contribution in [0.15, 0.2) is 46.9 Å². The molecular weight excluding hydrogens is 427 g/mol. The highest BCUT2D eigenvalue weighted by atomic mass is 35.5. The van der Waals surface area contributed by atoms with E-state index in [2.05, 4.69) is 0 Å². The van der Waals surface area contributed by atoms with Crippen molar-refractivity contribution in [1.82, 2.24) is 9.80 Å². The van der Waals surface area contributed by atoms with Gasteiger partial charge in [-0.2, -0.15) is 0 Å². The highest BCUT2D eigenvalue weighted by Crippen LogP contribution is 2.28. The van der Waals surface area contributed by atoms with Gasteiger partial charge in [-0.05, 0) is 24.3 Å². The summed E-state index contributed by atoms with van der Waals surface area (Å²) in [5.74, 6) is -0.0824. The van der Waals surface area contributed by atoms with Gasteiger partial charge >= 0.3 is 0 Å². The molecule has 30 heavy (non-hydrogen) atoms. The van der Waals surface area contributed by atoms with Crippen molar-refractivity contribution in [2.45, 2.75) is 6.61 Å². The van der Waals surface area contributed by atoms with Gasteiger partial charge in [0.25, 0.3) is 11.8 Å². The van der Waals surface area contributed by atoms with Crippen LogP contribution in [0.4, 0.5) is 0 Å². The number of para-hydroxylation sites is 1. The fraction of sp³-hybridized carbons (Fsp3) is 0.273. The highest BCUT2D eigenvalue weighted by molar-refractivity contribution is 6.36. The van der Waals surface area contributed by atoms with Crippen LogP contribution >= 0.6 is 23.2 Å². The van der Waals surface area contributed by atoms with Gasteiger partial charge in [-0.3, -0.25) is 9.59 Å². The maximum atomic E-state index is 13.1. The zero-order valence-corrected chi connectivity index (χ0v) is 17.9. The largest absolute Gasteiger partial charge is 0.451 e. The van der Waals surface area contributed by atoms with E-state index in [4.69, 9.17) is 32.4 Å². The number of amides is 2. The Kier molecular flexibility index (Phi) is 5.99. The highest BCUT2D eigenvalue weighted by Gasteiger charge is 2.30. The van der Waals surface area contributed by atoms with E-state index in [0.717, 1.165) is 10.9 Å². The van der Waals surface area contributed by atoms with E-state index >= 15 is 0 Å². The molecule has 2 amide bonds. The van der Waals surface area contributed by atoms with Crippen LogP contribution in [-0.4, -0.2) is 54.9 Å². The maximum absolute atomic E-state index is 13.1. The summed E-state index contributed by atoms with van der Waals surface area (Å²) < 4.78 is 11.1. The third-order valence-corrected chi connectivity index (χ3v) is 5.74. The molecule has 6 nitrogen and oxygen atoms in total. The molecule has 0 unspecified atom stereocenters. The zero-order chi connectivity index (χ0) is 21.3. The van der Waals surface area contributed by atoms with Crippen molar-refractivity contribution in [3.63, 3.8) is 0 Å². The summed E-state index contributed by atoms with van der Waals surface area (Å²) >= 11 is 12.1. The number of piperazine rings is 1. The summed E-state index contributed by atoms with van der Waals surface area (Å²) in [5.41, 5.74) is 1.80.